The highest BCUT2D eigenvalue weighted by molar-refractivity contribution is 6.00. The van der Waals surface area contributed by atoms with Gasteiger partial charge in [-0.1, -0.05) is 18.2 Å². The molecule has 0 N–H and O–H groups in total. The van der Waals surface area contributed by atoms with Crippen molar-refractivity contribution in [2.75, 3.05) is 24.7 Å². The molecule has 1 aromatic heterocycles. The van der Waals surface area contributed by atoms with E-state index in [1.165, 1.54) is 4.90 Å². The average molecular weight is 396 g/mol. The van der Waals surface area contributed by atoms with Crippen LogP contribution in [0.3, 0.4) is 0 Å². The first-order valence-electron chi connectivity index (χ1n) is 9.41. The van der Waals surface area contributed by atoms with Gasteiger partial charge in [0, 0.05) is 30.0 Å². The minimum atomic E-state index is -0.532. The minimum absolute atomic E-state index is 0.0111. The van der Waals surface area contributed by atoms with Crippen molar-refractivity contribution in [3.63, 3.8) is 0 Å². The van der Waals surface area contributed by atoms with Crippen LogP contribution in [0.5, 0.6) is 5.75 Å². The van der Waals surface area contributed by atoms with Crippen molar-refractivity contribution in [3.05, 3.63) is 59.9 Å². The van der Waals surface area contributed by atoms with Crippen LogP contribution in [-0.2, 0) is 20.9 Å². The molecule has 7 nitrogen and oxygen atoms in total. The maximum atomic E-state index is 12.5. The Labute approximate surface area is 169 Å². The SMILES string of the molecule is C=CCn1c(C)cc(C(=O)COC(=O)CCN2C(=O)COc3ccccc32)c1C. The first-order chi connectivity index (χ1) is 13.9. The Kier molecular flexibility index (Phi) is 6.16. The minimum Gasteiger partial charge on any atom is -0.482 e. The van der Waals surface area contributed by atoms with E-state index in [1.807, 2.05) is 24.5 Å². The number of allylic oxidation sites excluding steroid dienone is 1. The Morgan fingerprint density at radius 1 is 1.28 bits per heavy atom. The molecule has 0 saturated heterocycles. The number of carbonyl (C=O) groups is 3. The summed E-state index contributed by atoms with van der Waals surface area (Å²) in [6.45, 7) is 7.87. The van der Waals surface area contributed by atoms with Crippen molar-refractivity contribution in [2.45, 2.75) is 26.8 Å². The van der Waals surface area contributed by atoms with Crippen LogP contribution in [0, 0.1) is 13.8 Å². The zero-order valence-electron chi connectivity index (χ0n) is 16.6. The van der Waals surface area contributed by atoms with E-state index in [2.05, 4.69) is 6.58 Å². The highest BCUT2D eigenvalue weighted by Gasteiger charge is 2.26. The second kappa shape index (κ2) is 8.77. The molecule has 1 aromatic carbocycles. The van der Waals surface area contributed by atoms with Crippen LogP contribution in [-0.4, -0.2) is 42.0 Å². The standard InChI is InChI=1S/C22H24N2O5/c1-4-10-23-15(2)12-17(16(23)3)19(25)13-29-22(27)9-11-24-18-7-5-6-8-20(18)28-14-21(24)26/h4-8,12H,1,9-11,13-14H2,2-3H3. The normalized spacial score (nSPS) is 12.9. The Balaban J connectivity index is 1.56. The van der Waals surface area contributed by atoms with Crippen LogP contribution in [0.2, 0.25) is 0 Å². The molecule has 0 radical (unpaired) electrons. The zero-order valence-corrected chi connectivity index (χ0v) is 16.6. The van der Waals surface area contributed by atoms with Crippen LogP contribution >= 0.6 is 0 Å². The molecule has 152 valence electrons. The second-order valence-electron chi connectivity index (χ2n) is 6.82. The average Bonchev–Trinajstić information content (AvgIpc) is 3.00. The molecule has 7 heteroatoms. The van der Waals surface area contributed by atoms with Crippen LogP contribution in [0.15, 0.2) is 43.0 Å². The number of benzene rings is 1. The molecular formula is C22H24N2O5. The highest BCUT2D eigenvalue weighted by Crippen LogP contribution is 2.31. The van der Waals surface area contributed by atoms with Gasteiger partial charge in [0.05, 0.1) is 12.1 Å². The Hall–Kier alpha value is -3.35. The van der Waals surface area contributed by atoms with Gasteiger partial charge in [0.2, 0.25) is 5.78 Å². The summed E-state index contributed by atoms with van der Waals surface area (Å²) in [7, 11) is 0. The number of nitrogens with zero attached hydrogens (tertiary/aromatic N) is 2. The number of hydrogen-bond donors (Lipinski definition) is 0. The first kappa shape index (κ1) is 20.4. The number of Topliss-reactive ketones (excluding diaryl/α,β-unsaturated/α-hetero) is 1. The molecule has 3 rings (SSSR count). The van der Waals surface area contributed by atoms with Gasteiger partial charge in [-0.25, -0.2) is 0 Å². The molecular weight excluding hydrogens is 372 g/mol. The molecule has 1 aliphatic rings. The molecule has 0 aliphatic carbocycles. The highest BCUT2D eigenvalue weighted by atomic mass is 16.5. The number of hydrogen-bond acceptors (Lipinski definition) is 5. The van der Waals surface area contributed by atoms with Crippen molar-refractivity contribution >= 4 is 23.3 Å². The summed E-state index contributed by atoms with van der Waals surface area (Å²) in [6, 6.07) is 8.94. The molecule has 0 atom stereocenters. The van der Waals surface area contributed by atoms with E-state index >= 15 is 0 Å². The predicted octanol–water partition coefficient (Wildman–Crippen LogP) is 2.83. The number of carbonyl (C=O) groups excluding carboxylic acids is 3. The summed E-state index contributed by atoms with van der Waals surface area (Å²) >= 11 is 0. The molecule has 0 unspecified atom stereocenters. The molecule has 2 aromatic rings. The number of aryl methyl sites for hydroxylation is 1. The van der Waals surface area contributed by atoms with Gasteiger partial charge in [0.1, 0.15) is 5.75 Å². The van der Waals surface area contributed by atoms with Gasteiger partial charge in [-0.15, -0.1) is 6.58 Å². The van der Waals surface area contributed by atoms with Gasteiger partial charge in [-0.2, -0.15) is 0 Å². The summed E-state index contributed by atoms with van der Waals surface area (Å²) in [5.74, 6) is -0.405. The molecule has 1 aliphatic heterocycles. The lowest BCUT2D eigenvalue weighted by Gasteiger charge is -2.28. The molecule has 1 amide bonds. The number of ketones is 1. The quantitative estimate of drug-likeness (QED) is 0.390. The fourth-order valence-corrected chi connectivity index (χ4v) is 3.39. The summed E-state index contributed by atoms with van der Waals surface area (Å²) in [4.78, 5) is 38.2. The number of para-hydroxylation sites is 2. The van der Waals surface area contributed by atoms with Crippen molar-refractivity contribution in [3.8, 4) is 5.75 Å². The van der Waals surface area contributed by atoms with E-state index < -0.39 is 5.97 Å². The van der Waals surface area contributed by atoms with E-state index in [1.54, 1.807) is 30.3 Å². The Bertz CT molecular complexity index is 960. The lowest BCUT2D eigenvalue weighted by atomic mass is 10.1. The molecule has 0 fully saturated rings. The van der Waals surface area contributed by atoms with E-state index in [4.69, 9.17) is 9.47 Å². The Morgan fingerprint density at radius 2 is 2.03 bits per heavy atom. The van der Waals surface area contributed by atoms with E-state index in [-0.39, 0.29) is 37.9 Å². The molecule has 29 heavy (non-hydrogen) atoms. The second-order valence-corrected chi connectivity index (χ2v) is 6.82. The largest absolute Gasteiger partial charge is 0.482 e. The molecule has 0 spiro atoms. The topological polar surface area (TPSA) is 77.8 Å². The fourth-order valence-electron chi connectivity index (χ4n) is 3.39. The van der Waals surface area contributed by atoms with E-state index in [0.717, 1.165) is 11.4 Å². The van der Waals surface area contributed by atoms with Gasteiger partial charge >= 0.3 is 5.97 Å². The van der Waals surface area contributed by atoms with Crippen molar-refractivity contribution in [1.29, 1.82) is 0 Å². The number of ether oxygens (including phenoxy) is 2. The summed E-state index contributed by atoms with van der Waals surface area (Å²) in [6.07, 6.45) is 1.75. The van der Waals surface area contributed by atoms with Gasteiger partial charge in [0.25, 0.3) is 5.91 Å². The fraction of sp³-hybridized carbons (Fsp3) is 0.318. The van der Waals surface area contributed by atoms with Gasteiger partial charge in [-0.3, -0.25) is 14.4 Å². The summed E-state index contributed by atoms with van der Waals surface area (Å²) < 4.78 is 12.5. The zero-order chi connectivity index (χ0) is 21.0. The number of amides is 1. The van der Waals surface area contributed by atoms with Crippen molar-refractivity contribution < 1.29 is 23.9 Å². The molecule has 0 bridgehead atoms. The van der Waals surface area contributed by atoms with Crippen LogP contribution in [0.1, 0.15) is 28.2 Å². The predicted molar refractivity (Wildman–Crippen MR) is 108 cm³/mol. The van der Waals surface area contributed by atoms with Crippen LogP contribution in [0.25, 0.3) is 0 Å². The van der Waals surface area contributed by atoms with Crippen molar-refractivity contribution in [1.82, 2.24) is 4.57 Å². The smallest absolute Gasteiger partial charge is 0.308 e. The first-order valence-corrected chi connectivity index (χ1v) is 9.41. The lowest BCUT2D eigenvalue weighted by Crippen LogP contribution is -2.40. The third kappa shape index (κ3) is 4.39. The van der Waals surface area contributed by atoms with E-state index in [0.29, 0.717) is 23.5 Å². The number of rotatable bonds is 8. The van der Waals surface area contributed by atoms with Crippen LogP contribution < -0.4 is 9.64 Å². The van der Waals surface area contributed by atoms with Crippen LogP contribution in [0.4, 0.5) is 5.69 Å². The summed E-state index contributed by atoms with van der Waals surface area (Å²) in [5, 5.41) is 0. The number of anilines is 1. The third-order valence-electron chi connectivity index (χ3n) is 4.90. The Morgan fingerprint density at radius 3 is 2.79 bits per heavy atom. The number of aromatic nitrogens is 1. The van der Waals surface area contributed by atoms with Crippen molar-refractivity contribution in [2.24, 2.45) is 0 Å². The van der Waals surface area contributed by atoms with E-state index in [9.17, 15) is 14.4 Å². The lowest BCUT2D eigenvalue weighted by molar-refractivity contribution is -0.142. The number of esters is 1. The van der Waals surface area contributed by atoms with Gasteiger partial charge in [0.15, 0.2) is 13.2 Å². The summed E-state index contributed by atoms with van der Waals surface area (Å²) in [5.41, 5.74) is 2.93. The monoisotopic (exact) mass is 396 g/mol. The maximum Gasteiger partial charge on any atom is 0.308 e. The third-order valence-corrected chi connectivity index (χ3v) is 4.90. The number of fused-ring (bicyclic) bond motifs is 1. The van der Waals surface area contributed by atoms with Gasteiger partial charge in [-0.05, 0) is 32.0 Å². The molecule has 0 saturated carbocycles. The molecule has 2 heterocycles. The van der Waals surface area contributed by atoms with Gasteiger partial charge < -0.3 is 18.9 Å². The maximum absolute atomic E-state index is 12.5.